The van der Waals surface area contributed by atoms with Gasteiger partial charge >= 0.3 is 0 Å². The van der Waals surface area contributed by atoms with E-state index in [2.05, 4.69) is 0 Å². The molecule has 0 heterocycles. The maximum absolute atomic E-state index is 10.5. The topological polar surface area (TPSA) is 37.3 Å². The second kappa shape index (κ2) is 3.54. The lowest BCUT2D eigenvalue weighted by Gasteiger charge is -2.00. The van der Waals surface area contributed by atoms with Gasteiger partial charge < -0.3 is 4.89 Å². The van der Waals surface area contributed by atoms with Gasteiger partial charge in [-0.1, -0.05) is 18.3 Å². The predicted octanol–water partition coefficient (Wildman–Crippen LogP) is 1.94. The molecule has 1 unspecified atom stereocenters. The molecule has 0 fully saturated rings. The first-order chi connectivity index (χ1) is 3.56. The van der Waals surface area contributed by atoms with Crippen LogP contribution in [0.5, 0.6) is 0 Å². The fourth-order valence-electron chi connectivity index (χ4n) is 0.261. The van der Waals surface area contributed by atoms with Crippen LogP contribution >= 0.6 is 18.0 Å². The van der Waals surface area contributed by atoms with E-state index < -0.39 is 6.57 Å². The van der Waals surface area contributed by atoms with Crippen molar-refractivity contribution in [1.29, 1.82) is 0 Å². The maximum Gasteiger partial charge on any atom is 0.252 e. The normalized spacial score (nSPS) is 17.9. The van der Waals surface area contributed by atoms with Crippen molar-refractivity contribution in [3.05, 3.63) is 0 Å². The van der Waals surface area contributed by atoms with Crippen molar-refractivity contribution in [1.82, 2.24) is 0 Å². The molecule has 0 aliphatic rings. The zero-order chi connectivity index (χ0) is 6.62. The largest absolute Gasteiger partial charge is 0.337 e. The molecule has 0 aromatic carbocycles. The Hall–Kier alpha value is 0.540. The third-order valence-electron chi connectivity index (χ3n) is 0.535. The molecule has 8 heavy (non-hydrogen) atoms. The predicted molar refractivity (Wildman–Crippen MR) is 38.5 cm³/mol. The molecule has 0 saturated heterocycles. The Morgan fingerprint density at radius 3 is 2.38 bits per heavy atom. The second-order valence-corrected chi connectivity index (χ2v) is 6.72. The Morgan fingerprint density at radius 2 is 2.25 bits per heavy atom. The molecule has 50 valence electrons. The highest BCUT2D eigenvalue weighted by Gasteiger charge is 2.07. The summed E-state index contributed by atoms with van der Waals surface area (Å²) in [4.78, 5) is 8.67. The minimum Gasteiger partial charge on any atom is -0.337 e. The summed E-state index contributed by atoms with van der Waals surface area (Å²) in [5, 5.41) is 0. The highest BCUT2D eigenvalue weighted by Crippen LogP contribution is 2.50. The average molecular weight is 154 g/mol. The minimum absolute atomic E-state index is 0.782. The van der Waals surface area contributed by atoms with Crippen molar-refractivity contribution in [2.45, 2.75) is 13.3 Å². The van der Waals surface area contributed by atoms with Crippen LogP contribution in [0.15, 0.2) is 0 Å². The summed E-state index contributed by atoms with van der Waals surface area (Å²) in [6.45, 7) is 0.592. The Balaban J connectivity index is 3.26. The van der Waals surface area contributed by atoms with Crippen molar-refractivity contribution in [3.63, 3.8) is 0 Å². The fraction of sp³-hybridized carbons (Fsp3) is 1.00. The first-order valence-electron chi connectivity index (χ1n) is 2.51. The average Bonchev–Trinajstić information content (AvgIpc) is 1.59. The summed E-state index contributed by atoms with van der Waals surface area (Å²) in [6.07, 6.45) is 0.961. The number of hydrogen-bond donors (Lipinski definition) is 1. The van der Waals surface area contributed by atoms with Gasteiger partial charge in [0.05, 0.1) is 0 Å². The minimum atomic E-state index is -2.77. The van der Waals surface area contributed by atoms with Gasteiger partial charge in [0.15, 0.2) is 0 Å². The van der Waals surface area contributed by atoms with Gasteiger partial charge in [0, 0.05) is 12.4 Å². The molecule has 0 aromatic heterocycles. The van der Waals surface area contributed by atoms with Gasteiger partial charge in [-0.05, 0) is 6.42 Å². The maximum atomic E-state index is 10.5. The van der Waals surface area contributed by atoms with Gasteiger partial charge in [-0.2, -0.15) is 0 Å². The van der Waals surface area contributed by atoms with Crippen molar-refractivity contribution < 1.29 is 9.46 Å². The molecular formula is C4H11O2PS. The molecule has 0 aromatic rings. The molecule has 1 atom stereocenters. The highest BCUT2D eigenvalue weighted by atomic mass is 32.7. The Kier molecular flexibility index (Phi) is 3.78. The van der Waals surface area contributed by atoms with Gasteiger partial charge in [0.1, 0.15) is 0 Å². The molecule has 0 spiro atoms. The van der Waals surface area contributed by atoms with Crippen LogP contribution in [-0.2, 0) is 4.57 Å². The monoisotopic (exact) mass is 154 g/mol. The van der Waals surface area contributed by atoms with Crippen LogP contribution < -0.4 is 0 Å². The molecule has 0 aliphatic heterocycles. The van der Waals surface area contributed by atoms with Crippen LogP contribution in [0.3, 0.4) is 0 Å². The molecule has 0 aliphatic carbocycles. The van der Waals surface area contributed by atoms with Gasteiger partial charge in [-0.15, -0.1) is 0 Å². The van der Waals surface area contributed by atoms with Gasteiger partial charge in [0.25, 0.3) is 6.57 Å². The Bertz CT molecular complexity index is 98.2. The zero-order valence-electron chi connectivity index (χ0n) is 5.13. The molecule has 1 N–H and O–H groups in total. The first-order valence-corrected chi connectivity index (χ1v) is 6.21. The van der Waals surface area contributed by atoms with Crippen LogP contribution in [0.4, 0.5) is 0 Å². The molecular weight excluding hydrogens is 143 g/mol. The first kappa shape index (κ1) is 8.54. The van der Waals surface area contributed by atoms with Crippen LogP contribution in [0.2, 0.25) is 0 Å². The van der Waals surface area contributed by atoms with Crippen molar-refractivity contribution in [2.24, 2.45) is 0 Å². The lowest BCUT2D eigenvalue weighted by molar-refractivity contribution is 0.503. The van der Waals surface area contributed by atoms with Gasteiger partial charge in [-0.3, -0.25) is 4.57 Å². The van der Waals surface area contributed by atoms with E-state index in [0.29, 0.717) is 0 Å². The van der Waals surface area contributed by atoms with E-state index in [1.165, 1.54) is 6.66 Å². The third-order valence-corrected chi connectivity index (χ3v) is 3.59. The van der Waals surface area contributed by atoms with E-state index in [9.17, 15) is 4.57 Å². The van der Waals surface area contributed by atoms with E-state index in [1.807, 2.05) is 6.92 Å². The summed E-state index contributed by atoms with van der Waals surface area (Å²) < 4.78 is 10.5. The van der Waals surface area contributed by atoms with Crippen LogP contribution in [0.1, 0.15) is 13.3 Å². The second-order valence-electron chi connectivity index (χ2n) is 1.64. The third kappa shape index (κ3) is 6.54. The Morgan fingerprint density at radius 1 is 1.75 bits per heavy atom. The SMILES string of the molecule is CCCSP(C)(=O)O. The lowest BCUT2D eigenvalue weighted by atomic mass is 10.6. The molecule has 4 heteroatoms. The summed E-state index contributed by atoms with van der Waals surface area (Å²) in [7, 11) is 0. The summed E-state index contributed by atoms with van der Waals surface area (Å²) in [5.41, 5.74) is 0. The van der Waals surface area contributed by atoms with Gasteiger partial charge in [0.2, 0.25) is 0 Å². The highest BCUT2D eigenvalue weighted by molar-refractivity contribution is 8.56. The molecule has 0 bridgehead atoms. The van der Waals surface area contributed by atoms with Crippen LogP contribution in [-0.4, -0.2) is 17.3 Å². The summed E-state index contributed by atoms with van der Waals surface area (Å²) in [5.74, 6) is 0.782. The summed E-state index contributed by atoms with van der Waals surface area (Å²) >= 11 is 1.14. The van der Waals surface area contributed by atoms with Crippen molar-refractivity contribution in [2.75, 3.05) is 12.4 Å². The van der Waals surface area contributed by atoms with Crippen LogP contribution in [0.25, 0.3) is 0 Å². The molecule has 0 amide bonds. The van der Waals surface area contributed by atoms with E-state index in [1.54, 1.807) is 0 Å². The summed E-state index contributed by atoms with van der Waals surface area (Å²) in [6, 6.07) is 0. The van der Waals surface area contributed by atoms with Gasteiger partial charge in [-0.25, -0.2) is 0 Å². The zero-order valence-corrected chi connectivity index (χ0v) is 6.84. The standard InChI is InChI=1S/C4H11O2PS/c1-3-4-8-7(2,5)6/h3-4H2,1-2H3,(H,5,6). The lowest BCUT2D eigenvalue weighted by Crippen LogP contribution is -1.73. The van der Waals surface area contributed by atoms with Crippen molar-refractivity contribution in [3.8, 4) is 0 Å². The molecule has 0 radical (unpaired) electrons. The quantitative estimate of drug-likeness (QED) is 0.631. The number of rotatable bonds is 3. The van der Waals surface area contributed by atoms with Crippen LogP contribution in [0, 0.1) is 0 Å². The van der Waals surface area contributed by atoms with E-state index >= 15 is 0 Å². The Labute approximate surface area is 53.9 Å². The van der Waals surface area contributed by atoms with E-state index in [4.69, 9.17) is 4.89 Å². The fourth-order valence-corrected chi connectivity index (χ4v) is 2.35. The number of hydrogen-bond acceptors (Lipinski definition) is 2. The van der Waals surface area contributed by atoms with E-state index in [-0.39, 0.29) is 0 Å². The molecule has 0 saturated carbocycles. The molecule has 0 rings (SSSR count). The van der Waals surface area contributed by atoms with E-state index in [0.717, 1.165) is 23.6 Å². The molecule has 2 nitrogen and oxygen atoms in total. The smallest absolute Gasteiger partial charge is 0.252 e. The van der Waals surface area contributed by atoms with Crippen molar-refractivity contribution >= 4 is 18.0 Å².